The maximum atomic E-state index is 5.19. The molecule has 0 fully saturated rings. The summed E-state index contributed by atoms with van der Waals surface area (Å²) in [5.74, 6) is 0.903. The molecule has 0 radical (unpaired) electrons. The molecule has 20 heavy (non-hydrogen) atoms. The highest BCUT2D eigenvalue weighted by molar-refractivity contribution is 5.75. The van der Waals surface area contributed by atoms with Crippen molar-refractivity contribution in [1.82, 2.24) is 9.97 Å². The van der Waals surface area contributed by atoms with Crippen molar-refractivity contribution >= 4 is 23.1 Å². The molecule has 1 aliphatic heterocycles. The lowest BCUT2D eigenvalue weighted by atomic mass is 10.1. The van der Waals surface area contributed by atoms with Crippen molar-refractivity contribution in [3.05, 3.63) is 53.5 Å². The summed E-state index contributed by atoms with van der Waals surface area (Å²) in [6, 6.07) is 5.82. The van der Waals surface area contributed by atoms with Gasteiger partial charge in [-0.05, 0) is 37.1 Å². The number of hydrogen-bond acceptors (Lipinski definition) is 4. The van der Waals surface area contributed by atoms with Crippen molar-refractivity contribution in [2.24, 2.45) is 4.99 Å². The first-order chi connectivity index (χ1) is 9.75. The van der Waals surface area contributed by atoms with Gasteiger partial charge in [-0.2, -0.15) is 0 Å². The molecular formula is C16H15N3O. The first-order valence-electron chi connectivity index (χ1n) is 6.51. The van der Waals surface area contributed by atoms with Crippen molar-refractivity contribution in [2.45, 2.75) is 20.3 Å². The Morgan fingerprint density at radius 1 is 1.00 bits per heavy atom. The van der Waals surface area contributed by atoms with Gasteiger partial charge in [-0.1, -0.05) is 0 Å². The molecule has 4 rings (SSSR count). The number of pyridine rings is 2. The van der Waals surface area contributed by atoms with Crippen LogP contribution in [0.3, 0.4) is 0 Å². The second-order valence-corrected chi connectivity index (χ2v) is 4.71. The molecule has 1 aliphatic rings. The molecule has 3 aromatic rings. The Morgan fingerprint density at radius 3 is 2.60 bits per heavy atom. The van der Waals surface area contributed by atoms with Gasteiger partial charge in [-0.3, -0.25) is 4.98 Å². The molecule has 0 saturated carbocycles. The highest BCUT2D eigenvalue weighted by Gasteiger charge is 2.08. The van der Waals surface area contributed by atoms with Crippen LogP contribution in [0.1, 0.15) is 16.7 Å². The Bertz CT molecular complexity index is 774. The molecule has 0 saturated heterocycles. The lowest BCUT2D eigenvalue weighted by Crippen LogP contribution is -1.85. The van der Waals surface area contributed by atoms with E-state index in [4.69, 9.17) is 4.42 Å². The molecule has 0 spiro atoms. The molecule has 100 valence electrons. The van der Waals surface area contributed by atoms with Crippen LogP contribution < -0.4 is 0 Å². The van der Waals surface area contributed by atoms with Crippen LogP contribution in [0.25, 0.3) is 11.1 Å². The van der Waals surface area contributed by atoms with Gasteiger partial charge in [-0.25, -0.2) is 9.98 Å². The molecule has 0 atom stereocenters. The fourth-order valence-corrected chi connectivity index (χ4v) is 2.17. The van der Waals surface area contributed by atoms with E-state index >= 15 is 0 Å². The molecule has 0 bridgehead atoms. The Labute approximate surface area is 117 Å². The Hall–Kier alpha value is -2.49. The molecule has 0 aromatic carbocycles. The van der Waals surface area contributed by atoms with Gasteiger partial charge >= 0.3 is 0 Å². The average molecular weight is 265 g/mol. The molecule has 0 aliphatic carbocycles. The second kappa shape index (κ2) is 5.25. The van der Waals surface area contributed by atoms with Crippen LogP contribution in [0.4, 0.5) is 5.82 Å². The minimum atomic E-state index is 0.891. The van der Waals surface area contributed by atoms with E-state index in [9.17, 15) is 0 Å². The van der Waals surface area contributed by atoms with Crippen molar-refractivity contribution in [2.75, 3.05) is 0 Å². The van der Waals surface area contributed by atoms with Crippen molar-refractivity contribution in [3.8, 4) is 0 Å². The van der Waals surface area contributed by atoms with Crippen LogP contribution >= 0.6 is 0 Å². The molecule has 4 heteroatoms. The molecule has 4 nitrogen and oxygen atoms in total. The minimum Gasteiger partial charge on any atom is -0.462 e. The number of furan rings is 1. The summed E-state index contributed by atoms with van der Waals surface area (Å²) in [5.41, 5.74) is 5.53. The Balaban J connectivity index is 0.000000121. The third-order valence-electron chi connectivity index (χ3n) is 3.32. The van der Waals surface area contributed by atoms with Crippen LogP contribution in [0.15, 0.2) is 46.3 Å². The van der Waals surface area contributed by atoms with E-state index in [2.05, 4.69) is 21.9 Å². The number of aryl methyl sites for hydroxylation is 2. The molecule has 3 aromatic heterocycles. The van der Waals surface area contributed by atoms with E-state index in [-0.39, 0.29) is 0 Å². The summed E-state index contributed by atoms with van der Waals surface area (Å²) in [5, 5.41) is 0. The number of aliphatic imine (C=N–C) groups is 1. The standard InChI is InChI=1S/C8H8N2.C8H7NO/c1-6-2-4-9-8-7(6)3-5-10-8;1-6-2-4-9-7-3-5-10-8(6)7/h2,4-5H,3H2,1H3;2-5H,1H3. The molecular weight excluding hydrogens is 250 g/mol. The van der Waals surface area contributed by atoms with E-state index in [1.165, 1.54) is 11.1 Å². The third kappa shape index (κ3) is 2.32. The third-order valence-corrected chi connectivity index (χ3v) is 3.32. The van der Waals surface area contributed by atoms with Gasteiger partial charge in [0, 0.05) is 36.7 Å². The van der Waals surface area contributed by atoms with Crippen LogP contribution in [0.2, 0.25) is 0 Å². The van der Waals surface area contributed by atoms with Crippen LogP contribution in [0.5, 0.6) is 0 Å². The van der Waals surface area contributed by atoms with Crippen LogP contribution in [0, 0.1) is 13.8 Å². The first kappa shape index (κ1) is 12.5. The van der Waals surface area contributed by atoms with Crippen molar-refractivity contribution in [1.29, 1.82) is 0 Å². The number of hydrogen-bond donors (Lipinski definition) is 0. The largest absolute Gasteiger partial charge is 0.462 e. The SMILES string of the molecule is Cc1ccnc2c1CC=N2.Cc1ccnc2ccoc12. The van der Waals surface area contributed by atoms with Gasteiger partial charge in [0.15, 0.2) is 11.4 Å². The number of rotatable bonds is 0. The molecule has 0 amide bonds. The van der Waals surface area contributed by atoms with E-state index in [1.807, 2.05) is 31.3 Å². The summed E-state index contributed by atoms with van der Waals surface area (Å²) in [7, 11) is 0. The van der Waals surface area contributed by atoms with Gasteiger partial charge in [0.2, 0.25) is 0 Å². The highest BCUT2D eigenvalue weighted by Crippen LogP contribution is 2.23. The van der Waals surface area contributed by atoms with Crippen LogP contribution in [-0.4, -0.2) is 16.2 Å². The summed E-state index contributed by atoms with van der Waals surface area (Å²) in [6.45, 7) is 4.10. The minimum absolute atomic E-state index is 0.891. The normalized spacial score (nSPS) is 12.1. The van der Waals surface area contributed by atoms with Crippen molar-refractivity contribution < 1.29 is 4.42 Å². The van der Waals surface area contributed by atoms with E-state index < -0.39 is 0 Å². The fraction of sp³-hybridized carbons (Fsp3) is 0.188. The Morgan fingerprint density at radius 2 is 1.80 bits per heavy atom. The summed E-state index contributed by atoms with van der Waals surface area (Å²) < 4.78 is 5.19. The maximum absolute atomic E-state index is 5.19. The number of nitrogens with zero attached hydrogens (tertiary/aromatic N) is 3. The van der Waals surface area contributed by atoms with E-state index in [0.717, 1.165) is 28.9 Å². The number of aromatic nitrogens is 2. The molecule has 0 unspecified atom stereocenters. The second-order valence-electron chi connectivity index (χ2n) is 4.71. The zero-order valence-corrected chi connectivity index (χ0v) is 11.5. The number of fused-ring (bicyclic) bond motifs is 2. The zero-order chi connectivity index (χ0) is 13.9. The summed E-state index contributed by atoms with van der Waals surface area (Å²) in [4.78, 5) is 12.4. The average Bonchev–Trinajstić information content (AvgIpc) is 3.08. The van der Waals surface area contributed by atoms with Gasteiger partial charge in [-0.15, -0.1) is 0 Å². The lowest BCUT2D eigenvalue weighted by molar-refractivity contribution is 0.613. The smallest absolute Gasteiger partial charge is 0.155 e. The van der Waals surface area contributed by atoms with Gasteiger partial charge in [0.05, 0.1) is 6.26 Å². The topological polar surface area (TPSA) is 51.3 Å². The Kier molecular flexibility index (Phi) is 3.29. The van der Waals surface area contributed by atoms with Gasteiger partial charge < -0.3 is 4.42 Å². The predicted octanol–water partition coefficient (Wildman–Crippen LogP) is 3.78. The van der Waals surface area contributed by atoms with Crippen LogP contribution in [-0.2, 0) is 6.42 Å². The zero-order valence-electron chi connectivity index (χ0n) is 11.5. The first-order valence-corrected chi connectivity index (χ1v) is 6.51. The van der Waals surface area contributed by atoms with E-state index in [1.54, 1.807) is 18.7 Å². The van der Waals surface area contributed by atoms with Gasteiger partial charge in [0.25, 0.3) is 0 Å². The molecule has 0 N–H and O–H groups in total. The lowest BCUT2D eigenvalue weighted by Gasteiger charge is -1.98. The van der Waals surface area contributed by atoms with Gasteiger partial charge in [0.1, 0.15) is 5.52 Å². The predicted molar refractivity (Wildman–Crippen MR) is 79.6 cm³/mol. The fourth-order valence-electron chi connectivity index (χ4n) is 2.17. The highest BCUT2D eigenvalue weighted by atomic mass is 16.3. The quantitative estimate of drug-likeness (QED) is 0.621. The monoisotopic (exact) mass is 265 g/mol. The summed E-state index contributed by atoms with van der Waals surface area (Å²) in [6.07, 6.45) is 8.11. The summed E-state index contributed by atoms with van der Waals surface area (Å²) >= 11 is 0. The molecule has 4 heterocycles. The van der Waals surface area contributed by atoms with E-state index in [0.29, 0.717) is 0 Å². The maximum Gasteiger partial charge on any atom is 0.155 e. The van der Waals surface area contributed by atoms with Crippen molar-refractivity contribution in [3.63, 3.8) is 0 Å².